The second kappa shape index (κ2) is 5.15. The zero-order valence-electron chi connectivity index (χ0n) is 11.7. The van der Waals surface area contributed by atoms with E-state index in [4.69, 9.17) is 0 Å². The van der Waals surface area contributed by atoms with E-state index >= 15 is 0 Å². The maximum absolute atomic E-state index is 12.8. The van der Waals surface area contributed by atoms with E-state index in [1.807, 2.05) is 12.1 Å². The second-order valence-corrected chi connectivity index (χ2v) is 6.54. The van der Waals surface area contributed by atoms with Crippen molar-refractivity contribution < 1.29 is 4.79 Å². The third-order valence-electron chi connectivity index (χ3n) is 4.53. The lowest BCUT2D eigenvalue weighted by Crippen LogP contribution is -2.42. The van der Waals surface area contributed by atoms with Crippen molar-refractivity contribution in [2.24, 2.45) is 0 Å². The van der Waals surface area contributed by atoms with E-state index in [0.717, 1.165) is 24.8 Å². The molecule has 2 nitrogen and oxygen atoms in total. The zero-order valence-corrected chi connectivity index (χ0v) is 12.6. The molecule has 1 fully saturated rings. The van der Waals surface area contributed by atoms with Crippen LogP contribution >= 0.6 is 11.3 Å². The highest BCUT2D eigenvalue weighted by Crippen LogP contribution is 2.33. The van der Waals surface area contributed by atoms with Gasteiger partial charge in [-0.2, -0.15) is 11.3 Å². The van der Waals surface area contributed by atoms with Crippen LogP contribution in [0.1, 0.15) is 29.6 Å². The normalized spacial score (nSPS) is 23.5. The Kier molecular flexibility index (Phi) is 3.15. The van der Waals surface area contributed by atoms with Crippen LogP contribution in [0.15, 0.2) is 53.2 Å². The minimum Gasteiger partial charge on any atom is -0.329 e. The summed E-state index contributed by atoms with van der Waals surface area (Å²) in [4.78, 5) is 14.8. The SMILES string of the molecule is O=C(c1ccc(-c2ccsc2)cc1)N1C2C=CCC1CC2. The average molecular weight is 295 g/mol. The van der Waals surface area contributed by atoms with E-state index in [1.54, 1.807) is 11.3 Å². The van der Waals surface area contributed by atoms with Gasteiger partial charge in [0, 0.05) is 11.6 Å². The molecule has 1 aromatic heterocycles. The van der Waals surface area contributed by atoms with E-state index in [1.165, 1.54) is 11.1 Å². The lowest BCUT2D eigenvalue weighted by molar-refractivity contribution is 0.0689. The van der Waals surface area contributed by atoms with Crippen molar-refractivity contribution in [3.05, 3.63) is 58.8 Å². The topological polar surface area (TPSA) is 20.3 Å². The second-order valence-electron chi connectivity index (χ2n) is 5.76. The molecule has 1 amide bonds. The summed E-state index contributed by atoms with van der Waals surface area (Å²) in [5.74, 6) is 0.184. The summed E-state index contributed by atoms with van der Waals surface area (Å²) < 4.78 is 0. The highest BCUT2D eigenvalue weighted by atomic mass is 32.1. The van der Waals surface area contributed by atoms with Gasteiger partial charge in [0.1, 0.15) is 0 Å². The van der Waals surface area contributed by atoms with E-state index in [9.17, 15) is 4.79 Å². The minimum absolute atomic E-state index is 0.184. The van der Waals surface area contributed by atoms with Gasteiger partial charge in [0.15, 0.2) is 0 Å². The third kappa shape index (κ3) is 2.22. The first-order valence-electron chi connectivity index (χ1n) is 7.45. The van der Waals surface area contributed by atoms with Crippen LogP contribution in [-0.4, -0.2) is 22.9 Å². The van der Waals surface area contributed by atoms with E-state index in [0.29, 0.717) is 12.1 Å². The molecule has 0 spiro atoms. The Labute approximate surface area is 128 Å². The molecular formula is C18H17NOS. The van der Waals surface area contributed by atoms with Crippen LogP contribution in [0.3, 0.4) is 0 Å². The molecule has 0 radical (unpaired) electrons. The van der Waals surface area contributed by atoms with Crippen molar-refractivity contribution in [3.8, 4) is 11.1 Å². The lowest BCUT2D eigenvalue weighted by Gasteiger charge is -2.31. The average Bonchev–Trinajstić information content (AvgIpc) is 3.14. The van der Waals surface area contributed by atoms with Gasteiger partial charge in [0.2, 0.25) is 0 Å². The molecule has 1 aromatic carbocycles. The van der Waals surface area contributed by atoms with Crippen LogP contribution in [0.4, 0.5) is 0 Å². The van der Waals surface area contributed by atoms with Gasteiger partial charge < -0.3 is 4.90 Å². The maximum atomic E-state index is 12.8. The standard InChI is InChI=1S/C18H17NOS/c20-18(19-16-2-1-3-17(19)9-8-16)14-6-4-13(5-7-14)15-10-11-21-12-15/h1-2,4-7,10-12,16-17H,3,8-9H2. The highest BCUT2D eigenvalue weighted by molar-refractivity contribution is 7.08. The Hall–Kier alpha value is -1.87. The number of thiophene rings is 1. The van der Waals surface area contributed by atoms with E-state index < -0.39 is 0 Å². The Morgan fingerprint density at radius 2 is 1.95 bits per heavy atom. The smallest absolute Gasteiger partial charge is 0.254 e. The van der Waals surface area contributed by atoms with Crippen molar-refractivity contribution in [3.63, 3.8) is 0 Å². The van der Waals surface area contributed by atoms with Gasteiger partial charge >= 0.3 is 0 Å². The molecular weight excluding hydrogens is 278 g/mol. The molecule has 0 saturated carbocycles. The first-order valence-corrected chi connectivity index (χ1v) is 8.39. The molecule has 2 aromatic rings. The van der Waals surface area contributed by atoms with Gasteiger partial charge in [-0.05, 0) is 59.3 Å². The van der Waals surface area contributed by atoms with Crippen LogP contribution < -0.4 is 0 Å². The number of rotatable bonds is 2. The number of carbonyl (C=O) groups excluding carboxylic acids is 1. The summed E-state index contributed by atoms with van der Waals surface area (Å²) in [6.07, 6.45) is 7.68. The van der Waals surface area contributed by atoms with Crippen molar-refractivity contribution in [1.29, 1.82) is 0 Å². The summed E-state index contributed by atoms with van der Waals surface area (Å²) in [5, 5.41) is 4.21. The number of hydrogen-bond acceptors (Lipinski definition) is 2. The predicted octanol–water partition coefficient (Wildman–Crippen LogP) is 4.35. The van der Waals surface area contributed by atoms with Gasteiger partial charge in [-0.25, -0.2) is 0 Å². The fourth-order valence-electron chi connectivity index (χ4n) is 3.42. The number of hydrogen-bond donors (Lipinski definition) is 0. The molecule has 2 unspecified atom stereocenters. The quantitative estimate of drug-likeness (QED) is 0.754. The summed E-state index contributed by atoms with van der Waals surface area (Å²) in [6.45, 7) is 0. The third-order valence-corrected chi connectivity index (χ3v) is 5.22. The highest BCUT2D eigenvalue weighted by Gasteiger charge is 2.37. The van der Waals surface area contributed by atoms with Crippen LogP contribution in [0.25, 0.3) is 11.1 Å². The molecule has 2 aliphatic rings. The molecule has 1 saturated heterocycles. The van der Waals surface area contributed by atoms with Crippen molar-refractivity contribution in [1.82, 2.24) is 4.90 Å². The minimum atomic E-state index is 0.184. The van der Waals surface area contributed by atoms with Crippen LogP contribution in [0, 0.1) is 0 Å². The Morgan fingerprint density at radius 3 is 2.67 bits per heavy atom. The van der Waals surface area contributed by atoms with Gasteiger partial charge in [0.05, 0.1) is 6.04 Å². The number of nitrogens with zero attached hydrogens (tertiary/aromatic N) is 1. The Bertz CT molecular complexity index is 672. The summed E-state index contributed by atoms with van der Waals surface area (Å²) in [7, 11) is 0. The molecule has 2 aliphatic heterocycles. The van der Waals surface area contributed by atoms with Crippen molar-refractivity contribution in [2.45, 2.75) is 31.3 Å². The largest absolute Gasteiger partial charge is 0.329 e. The molecule has 4 rings (SSSR count). The molecule has 3 heterocycles. The summed E-state index contributed by atoms with van der Waals surface area (Å²) in [5.41, 5.74) is 3.20. The fourth-order valence-corrected chi connectivity index (χ4v) is 4.09. The number of carbonyl (C=O) groups is 1. The molecule has 3 heteroatoms. The fraction of sp³-hybridized carbons (Fsp3) is 0.278. The van der Waals surface area contributed by atoms with Crippen molar-refractivity contribution >= 4 is 17.2 Å². The number of amides is 1. The first kappa shape index (κ1) is 12.8. The van der Waals surface area contributed by atoms with Crippen LogP contribution in [-0.2, 0) is 0 Å². The molecule has 0 N–H and O–H groups in total. The molecule has 2 bridgehead atoms. The van der Waals surface area contributed by atoms with Gasteiger partial charge in [-0.3, -0.25) is 4.79 Å². The van der Waals surface area contributed by atoms with E-state index in [2.05, 4.69) is 46.0 Å². The van der Waals surface area contributed by atoms with Gasteiger partial charge in [-0.1, -0.05) is 24.3 Å². The predicted molar refractivity (Wildman–Crippen MR) is 86.5 cm³/mol. The Morgan fingerprint density at radius 1 is 1.10 bits per heavy atom. The molecule has 0 aliphatic carbocycles. The zero-order chi connectivity index (χ0) is 14.2. The number of fused-ring (bicyclic) bond motifs is 2. The monoisotopic (exact) mass is 295 g/mol. The number of benzene rings is 1. The van der Waals surface area contributed by atoms with E-state index in [-0.39, 0.29) is 5.91 Å². The molecule has 21 heavy (non-hydrogen) atoms. The molecule has 2 atom stereocenters. The van der Waals surface area contributed by atoms with Crippen LogP contribution in [0.5, 0.6) is 0 Å². The molecule has 106 valence electrons. The Balaban J connectivity index is 1.59. The maximum Gasteiger partial charge on any atom is 0.254 e. The van der Waals surface area contributed by atoms with Gasteiger partial charge in [0.25, 0.3) is 5.91 Å². The van der Waals surface area contributed by atoms with Gasteiger partial charge in [-0.15, -0.1) is 0 Å². The first-order chi connectivity index (χ1) is 10.3. The summed E-state index contributed by atoms with van der Waals surface area (Å²) in [6, 6.07) is 10.9. The van der Waals surface area contributed by atoms with Crippen molar-refractivity contribution in [2.75, 3.05) is 0 Å². The lowest BCUT2D eigenvalue weighted by atomic mass is 10.0. The van der Waals surface area contributed by atoms with Crippen LogP contribution in [0.2, 0.25) is 0 Å². The summed E-state index contributed by atoms with van der Waals surface area (Å²) >= 11 is 1.69.